The van der Waals surface area contributed by atoms with Gasteiger partial charge in [-0.2, -0.15) is 0 Å². The van der Waals surface area contributed by atoms with Crippen LogP contribution in [-0.2, 0) is 7.05 Å². The molecular weight excluding hydrogens is 304 g/mol. The summed E-state index contributed by atoms with van der Waals surface area (Å²) >= 11 is 0. The minimum Gasteiger partial charge on any atom is -0.329 e. The number of nitrogens with zero attached hydrogens (tertiary/aromatic N) is 2. The van der Waals surface area contributed by atoms with Crippen molar-refractivity contribution < 1.29 is 0 Å². The lowest BCUT2D eigenvalue weighted by molar-refractivity contribution is 0.957. The Balaban J connectivity index is 2.10. The van der Waals surface area contributed by atoms with Gasteiger partial charge in [-0.25, -0.2) is 0 Å². The van der Waals surface area contributed by atoms with E-state index in [2.05, 4.69) is 96.8 Å². The fourth-order valence-electron chi connectivity index (χ4n) is 4.12. The second kappa shape index (κ2) is 5.00. The van der Waals surface area contributed by atoms with Crippen molar-refractivity contribution in [2.24, 2.45) is 7.05 Å². The van der Waals surface area contributed by atoms with Gasteiger partial charge in [-0.3, -0.25) is 4.57 Å². The average Bonchev–Trinajstić information content (AvgIpc) is 3.12. The van der Waals surface area contributed by atoms with Crippen molar-refractivity contribution in [1.29, 1.82) is 0 Å². The molecule has 2 nitrogen and oxygen atoms in total. The van der Waals surface area contributed by atoms with Crippen LogP contribution in [0.1, 0.15) is 11.1 Å². The van der Waals surface area contributed by atoms with E-state index in [9.17, 15) is 0 Å². The molecule has 0 amide bonds. The number of aryl methyl sites for hydroxylation is 2. The van der Waals surface area contributed by atoms with E-state index in [-0.39, 0.29) is 0 Å². The fourth-order valence-corrected chi connectivity index (χ4v) is 4.12. The van der Waals surface area contributed by atoms with Crippen molar-refractivity contribution in [2.75, 3.05) is 0 Å². The first-order valence-electron chi connectivity index (χ1n) is 8.71. The molecule has 0 radical (unpaired) electrons. The quantitative estimate of drug-likeness (QED) is 0.364. The van der Waals surface area contributed by atoms with E-state index in [4.69, 9.17) is 0 Å². The molecule has 0 saturated carbocycles. The van der Waals surface area contributed by atoms with E-state index in [1.54, 1.807) is 0 Å². The maximum absolute atomic E-state index is 2.42. The highest BCUT2D eigenvalue weighted by molar-refractivity contribution is 6.21. The predicted octanol–water partition coefficient (Wildman–Crippen LogP) is 5.89. The van der Waals surface area contributed by atoms with Gasteiger partial charge < -0.3 is 4.57 Å². The van der Waals surface area contributed by atoms with Gasteiger partial charge in [-0.15, -0.1) is 0 Å². The van der Waals surface area contributed by atoms with Crippen LogP contribution in [-0.4, -0.2) is 9.13 Å². The first-order chi connectivity index (χ1) is 12.2. The van der Waals surface area contributed by atoms with Crippen LogP contribution in [0, 0.1) is 13.8 Å². The van der Waals surface area contributed by atoms with Crippen molar-refractivity contribution in [3.8, 4) is 5.69 Å². The largest absolute Gasteiger partial charge is 0.329 e. The van der Waals surface area contributed by atoms with Crippen molar-refractivity contribution in [3.63, 3.8) is 0 Å². The van der Waals surface area contributed by atoms with Crippen LogP contribution in [0.15, 0.2) is 66.7 Å². The zero-order chi connectivity index (χ0) is 17.1. The molecule has 0 atom stereocenters. The minimum absolute atomic E-state index is 1.26. The molecule has 2 heteroatoms. The van der Waals surface area contributed by atoms with E-state index in [0.29, 0.717) is 0 Å². The summed E-state index contributed by atoms with van der Waals surface area (Å²) in [6, 6.07) is 24.0. The molecule has 0 saturated heterocycles. The third-order valence-corrected chi connectivity index (χ3v) is 5.52. The van der Waals surface area contributed by atoms with Crippen molar-refractivity contribution in [3.05, 3.63) is 77.9 Å². The van der Waals surface area contributed by atoms with Crippen molar-refractivity contribution in [2.45, 2.75) is 13.8 Å². The van der Waals surface area contributed by atoms with Gasteiger partial charge in [0.25, 0.3) is 0 Å². The second-order valence-electron chi connectivity index (χ2n) is 6.85. The summed E-state index contributed by atoms with van der Waals surface area (Å²) in [4.78, 5) is 0. The van der Waals surface area contributed by atoms with Crippen LogP contribution in [0.4, 0.5) is 0 Å². The monoisotopic (exact) mass is 324 g/mol. The molecule has 3 aromatic carbocycles. The SMILES string of the molecule is Cc1cccc(-n2c3ccccc3c3c4ccccc4n(C)c32)c1C. The van der Waals surface area contributed by atoms with Crippen LogP contribution in [0.2, 0.25) is 0 Å². The summed E-state index contributed by atoms with van der Waals surface area (Å²) in [5.41, 5.74) is 7.71. The van der Waals surface area contributed by atoms with E-state index in [1.807, 2.05) is 0 Å². The van der Waals surface area contributed by atoms with Gasteiger partial charge in [0.1, 0.15) is 5.65 Å². The van der Waals surface area contributed by atoms with Gasteiger partial charge >= 0.3 is 0 Å². The van der Waals surface area contributed by atoms with Crippen molar-refractivity contribution >= 4 is 32.8 Å². The fraction of sp³-hybridized carbons (Fsp3) is 0.130. The Labute approximate surface area is 146 Å². The van der Waals surface area contributed by atoms with Crippen LogP contribution >= 0.6 is 0 Å². The zero-order valence-corrected chi connectivity index (χ0v) is 14.7. The van der Waals surface area contributed by atoms with Gasteiger partial charge in [0.05, 0.1) is 16.7 Å². The van der Waals surface area contributed by atoms with Gasteiger partial charge in [-0.1, -0.05) is 48.5 Å². The van der Waals surface area contributed by atoms with Gasteiger partial charge in [0.2, 0.25) is 0 Å². The molecule has 0 fully saturated rings. The molecule has 0 unspecified atom stereocenters. The van der Waals surface area contributed by atoms with Crippen LogP contribution in [0.3, 0.4) is 0 Å². The van der Waals surface area contributed by atoms with E-state index >= 15 is 0 Å². The van der Waals surface area contributed by atoms with Gasteiger partial charge in [0, 0.05) is 23.2 Å². The molecule has 2 aromatic heterocycles. The van der Waals surface area contributed by atoms with Crippen LogP contribution in [0.25, 0.3) is 38.5 Å². The molecule has 0 aliphatic heterocycles. The average molecular weight is 324 g/mol. The van der Waals surface area contributed by atoms with E-state index in [0.717, 1.165) is 0 Å². The number of hydrogen-bond donors (Lipinski definition) is 0. The molecule has 122 valence electrons. The highest BCUT2D eigenvalue weighted by atomic mass is 15.1. The Morgan fingerprint density at radius 3 is 2.08 bits per heavy atom. The maximum atomic E-state index is 2.42. The van der Waals surface area contributed by atoms with Crippen molar-refractivity contribution in [1.82, 2.24) is 9.13 Å². The number of para-hydroxylation sites is 2. The maximum Gasteiger partial charge on any atom is 0.126 e. The number of benzene rings is 3. The number of fused-ring (bicyclic) bond motifs is 5. The minimum atomic E-state index is 1.26. The Kier molecular flexibility index (Phi) is 2.87. The molecule has 0 spiro atoms. The predicted molar refractivity (Wildman–Crippen MR) is 107 cm³/mol. The van der Waals surface area contributed by atoms with Gasteiger partial charge in [0.15, 0.2) is 0 Å². The first-order valence-corrected chi connectivity index (χ1v) is 8.71. The van der Waals surface area contributed by atoms with E-state index < -0.39 is 0 Å². The number of aromatic nitrogens is 2. The Bertz CT molecular complexity index is 1270. The molecular formula is C23H20N2. The molecule has 5 rings (SSSR count). The molecule has 25 heavy (non-hydrogen) atoms. The Morgan fingerprint density at radius 2 is 1.32 bits per heavy atom. The molecule has 0 aliphatic rings. The molecule has 0 bridgehead atoms. The summed E-state index contributed by atoms with van der Waals surface area (Å²) in [6.45, 7) is 4.40. The van der Waals surface area contributed by atoms with E-state index in [1.165, 1.54) is 49.7 Å². The molecule has 0 N–H and O–H groups in total. The topological polar surface area (TPSA) is 9.86 Å². The molecule has 5 aromatic rings. The molecule has 0 aliphatic carbocycles. The van der Waals surface area contributed by atoms with Crippen LogP contribution in [0.5, 0.6) is 0 Å². The standard InChI is InChI=1S/C23H20N2/c1-15-9-8-14-19(16(15)2)25-21-13-7-5-11-18(21)22-17-10-4-6-12-20(17)24(3)23(22)25/h4-14H,1-3H3. The first kappa shape index (κ1) is 14.4. The summed E-state index contributed by atoms with van der Waals surface area (Å²) < 4.78 is 4.75. The smallest absolute Gasteiger partial charge is 0.126 e. The van der Waals surface area contributed by atoms with Gasteiger partial charge in [-0.05, 0) is 43.2 Å². The Hall–Kier alpha value is -3.00. The summed E-state index contributed by atoms with van der Waals surface area (Å²) in [5, 5.41) is 3.98. The zero-order valence-electron chi connectivity index (χ0n) is 14.7. The van der Waals surface area contributed by atoms with Crippen LogP contribution < -0.4 is 0 Å². The highest BCUT2D eigenvalue weighted by Crippen LogP contribution is 2.39. The third-order valence-electron chi connectivity index (χ3n) is 5.52. The lowest BCUT2D eigenvalue weighted by atomic mass is 10.1. The summed E-state index contributed by atoms with van der Waals surface area (Å²) in [6.07, 6.45) is 0. The number of hydrogen-bond acceptors (Lipinski definition) is 0. The normalized spacial score (nSPS) is 11.8. The lowest BCUT2D eigenvalue weighted by Crippen LogP contribution is -2.02. The third kappa shape index (κ3) is 1.79. The molecule has 2 heterocycles. The highest BCUT2D eigenvalue weighted by Gasteiger charge is 2.19. The number of rotatable bonds is 1. The lowest BCUT2D eigenvalue weighted by Gasteiger charge is -2.13. The second-order valence-corrected chi connectivity index (χ2v) is 6.85. The summed E-state index contributed by atoms with van der Waals surface area (Å²) in [5.74, 6) is 0. The summed E-state index contributed by atoms with van der Waals surface area (Å²) in [7, 11) is 2.17. The Morgan fingerprint density at radius 1 is 0.680 bits per heavy atom.